The van der Waals surface area contributed by atoms with Crippen molar-refractivity contribution in [1.29, 1.82) is 0 Å². The average molecular weight is 1280 g/mol. The highest BCUT2D eigenvalue weighted by molar-refractivity contribution is 5.92. The van der Waals surface area contributed by atoms with Crippen molar-refractivity contribution in [2.75, 3.05) is 25.0 Å². The van der Waals surface area contributed by atoms with Crippen molar-refractivity contribution in [3.05, 3.63) is 66.4 Å². The van der Waals surface area contributed by atoms with Crippen LogP contribution in [-0.2, 0) is 70.3 Å². The molecule has 0 radical (unpaired) electrons. The molecule has 0 fully saturated rings. The smallest absolute Gasteiger partial charge is 0.407 e. The minimum absolute atomic E-state index is 0.0949. The molecule has 0 spiro atoms. The maximum Gasteiger partial charge on any atom is 0.407 e. The van der Waals surface area contributed by atoms with Crippen LogP contribution < -0.4 is 42.5 Å². The van der Waals surface area contributed by atoms with Crippen LogP contribution in [0.4, 0.5) is 24.9 Å². The number of amides is 8. The predicted molar refractivity (Wildman–Crippen MR) is 339 cm³/mol. The van der Waals surface area contributed by atoms with E-state index in [0.717, 1.165) is 5.56 Å². The Bertz CT molecular complexity index is 2870. The summed E-state index contributed by atoms with van der Waals surface area (Å²) in [6, 6.07) is 9.77. The van der Waals surface area contributed by atoms with E-state index < -0.39 is 119 Å². The van der Waals surface area contributed by atoms with Crippen molar-refractivity contribution in [2.24, 2.45) is 0 Å². The number of anilines is 1. The summed E-state index contributed by atoms with van der Waals surface area (Å²) in [5.74, 6) is -4.05. The average Bonchev–Trinajstić information content (AvgIpc) is 2.19. The van der Waals surface area contributed by atoms with Crippen LogP contribution in [-0.4, -0.2) is 147 Å². The van der Waals surface area contributed by atoms with Crippen molar-refractivity contribution in [2.45, 2.75) is 240 Å². The molecule has 0 saturated carbocycles. The third kappa shape index (κ3) is 34.3. The van der Waals surface area contributed by atoms with E-state index in [1.807, 2.05) is 30.3 Å². The van der Waals surface area contributed by atoms with Crippen LogP contribution in [0.15, 0.2) is 60.8 Å². The van der Waals surface area contributed by atoms with Crippen LogP contribution in [0.3, 0.4) is 0 Å². The Kier molecular flexibility index (Phi) is 30.7. The molecule has 506 valence electrons. The van der Waals surface area contributed by atoms with Gasteiger partial charge in [0.15, 0.2) is 0 Å². The van der Waals surface area contributed by atoms with Crippen molar-refractivity contribution < 1.29 is 76.4 Å². The molecular formula is C64H99N11O16. The van der Waals surface area contributed by atoms with E-state index in [1.54, 1.807) is 128 Å². The number of hydrogen-bond acceptors (Lipinski definition) is 18. The van der Waals surface area contributed by atoms with E-state index >= 15 is 0 Å². The zero-order valence-corrected chi connectivity index (χ0v) is 55.8. The first-order chi connectivity index (χ1) is 42.3. The molecular weight excluding hydrogens is 1180 g/mol. The Labute approximate surface area is 534 Å². The van der Waals surface area contributed by atoms with Crippen molar-refractivity contribution >= 4 is 65.6 Å². The highest BCUT2D eigenvalue weighted by atomic mass is 16.6. The van der Waals surface area contributed by atoms with Crippen molar-refractivity contribution in [3.63, 3.8) is 0 Å². The highest BCUT2D eigenvalue weighted by Crippen LogP contribution is 2.23. The number of esters is 4. The van der Waals surface area contributed by atoms with E-state index in [9.17, 15) is 47.9 Å². The largest absolute Gasteiger partial charge is 0.460 e. The molecule has 2 aromatic carbocycles. The molecule has 8 amide bonds. The van der Waals surface area contributed by atoms with Gasteiger partial charge in [-0.1, -0.05) is 47.7 Å². The number of aromatic nitrogens is 3. The van der Waals surface area contributed by atoms with Crippen LogP contribution in [0.25, 0.3) is 11.3 Å². The number of nitrogens with zero attached hydrogens (tertiary/aromatic N) is 3. The number of rotatable bonds is 32. The molecule has 3 rings (SSSR count). The van der Waals surface area contributed by atoms with Crippen molar-refractivity contribution in [3.8, 4) is 11.3 Å². The molecule has 8 N–H and O–H groups in total. The summed E-state index contributed by atoms with van der Waals surface area (Å²) >= 11 is 0. The number of urea groups is 2. The zero-order chi connectivity index (χ0) is 68.2. The number of alkyl carbamates (subject to hydrolysis) is 2. The summed E-state index contributed by atoms with van der Waals surface area (Å²) in [7, 11) is 0. The summed E-state index contributed by atoms with van der Waals surface area (Å²) in [5.41, 5.74) is -2.07. The lowest BCUT2D eigenvalue weighted by Gasteiger charge is -2.27. The number of ether oxygens (including phenoxy) is 6. The molecule has 1 heterocycles. The van der Waals surface area contributed by atoms with E-state index in [4.69, 9.17) is 28.4 Å². The summed E-state index contributed by atoms with van der Waals surface area (Å²) in [4.78, 5) is 132. The Hall–Kier alpha value is -8.52. The first-order valence-electron chi connectivity index (χ1n) is 30.9. The predicted octanol–water partition coefficient (Wildman–Crippen LogP) is 8.18. The molecule has 4 atom stereocenters. The summed E-state index contributed by atoms with van der Waals surface area (Å²) < 4.78 is 34.1. The maximum absolute atomic E-state index is 14.2. The quantitative estimate of drug-likeness (QED) is 0.0166. The molecule has 0 aliphatic heterocycles. The van der Waals surface area contributed by atoms with Gasteiger partial charge in [-0.15, -0.1) is 5.10 Å². The van der Waals surface area contributed by atoms with Gasteiger partial charge in [0, 0.05) is 37.3 Å². The summed E-state index contributed by atoms with van der Waals surface area (Å²) in [6.45, 7) is 25.8. The van der Waals surface area contributed by atoms with Gasteiger partial charge in [-0.2, -0.15) is 0 Å². The van der Waals surface area contributed by atoms with E-state index in [0.29, 0.717) is 55.5 Å². The molecule has 3 aromatic rings. The fourth-order valence-electron chi connectivity index (χ4n) is 8.42. The standard InChI is InChI=1S/C64H99N11O16/c1-60(2,3)87-51(77)34-33-48(55(81)90-63(10,11)12)73-57(83)72-47(54(80)89-62(7,8)9)32-20-22-35-65-56(82)69-44-29-25-28-43(38-44)49-39-68-74-75(49)40-50(76)70-45(30-19-23-37-67-59(85)91-64(13,14)15)52(78)71-46(53(79)88-61(4,5)6)31-21-24-36-66-58(84)86-41-42-26-17-16-18-27-42/h16-18,25-29,38-39,45-48H,19-24,30-37,40-41H2,1-15H3,(H,66,84)(H,67,85)(H,70,76)(H,71,78)(H2,65,69,82)(H2,72,73,83)/t45-,46-,47-,48-/m0/s1. The number of nitrogens with one attached hydrogen (secondary N) is 8. The number of carbonyl (C=O) groups excluding carboxylic acids is 10. The fraction of sp³-hybridized carbons (Fsp3) is 0.625. The highest BCUT2D eigenvalue weighted by Gasteiger charge is 2.33. The van der Waals surface area contributed by atoms with Crippen LogP contribution in [0, 0.1) is 0 Å². The molecule has 91 heavy (non-hydrogen) atoms. The van der Waals surface area contributed by atoms with Crippen molar-refractivity contribution in [1.82, 2.24) is 52.2 Å². The first kappa shape index (κ1) is 76.7. The molecule has 0 aliphatic rings. The number of unbranched alkanes of at least 4 members (excludes halogenated alkanes) is 3. The second kappa shape index (κ2) is 36.4. The Morgan fingerprint density at radius 1 is 0.484 bits per heavy atom. The normalized spacial score (nSPS) is 13.1. The molecule has 1 aromatic heterocycles. The summed E-state index contributed by atoms with van der Waals surface area (Å²) in [6.07, 6.45) is 2.51. The van der Waals surface area contributed by atoms with Gasteiger partial charge in [0.25, 0.3) is 0 Å². The maximum atomic E-state index is 14.2. The number of carbonyl (C=O) groups is 10. The number of benzene rings is 2. The zero-order valence-electron chi connectivity index (χ0n) is 55.8. The Morgan fingerprint density at radius 3 is 1.49 bits per heavy atom. The fourth-order valence-corrected chi connectivity index (χ4v) is 8.42. The second-order valence-corrected chi connectivity index (χ2v) is 26.8. The van der Waals surface area contributed by atoms with Crippen LogP contribution in [0.2, 0.25) is 0 Å². The van der Waals surface area contributed by atoms with Gasteiger partial charge in [-0.25, -0.2) is 38.2 Å². The summed E-state index contributed by atoms with van der Waals surface area (Å²) in [5, 5.41) is 29.8. The molecule has 0 saturated heterocycles. The third-order valence-electron chi connectivity index (χ3n) is 12.2. The van der Waals surface area contributed by atoms with Crippen LogP contribution >= 0.6 is 0 Å². The van der Waals surface area contributed by atoms with E-state index in [-0.39, 0.29) is 58.3 Å². The van der Waals surface area contributed by atoms with Gasteiger partial charge in [0.1, 0.15) is 65.3 Å². The van der Waals surface area contributed by atoms with Gasteiger partial charge in [0.2, 0.25) is 11.8 Å². The van der Waals surface area contributed by atoms with E-state index in [2.05, 4.69) is 52.8 Å². The van der Waals surface area contributed by atoms with Gasteiger partial charge in [-0.3, -0.25) is 14.4 Å². The monoisotopic (exact) mass is 1280 g/mol. The second-order valence-electron chi connectivity index (χ2n) is 26.8. The lowest BCUT2D eigenvalue weighted by atomic mass is 10.1. The molecule has 0 unspecified atom stereocenters. The van der Waals surface area contributed by atoms with Crippen LogP contribution in [0.5, 0.6) is 0 Å². The minimum Gasteiger partial charge on any atom is -0.460 e. The Morgan fingerprint density at radius 2 is 0.967 bits per heavy atom. The molecule has 0 bridgehead atoms. The van der Waals surface area contributed by atoms with Gasteiger partial charge in [-0.05, 0) is 186 Å². The molecule has 27 heteroatoms. The van der Waals surface area contributed by atoms with Gasteiger partial charge >= 0.3 is 48.1 Å². The number of hydrogen-bond donors (Lipinski definition) is 8. The third-order valence-corrected chi connectivity index (χ3v) is 12.2. The molecule has 0 aliphatic carbocycles. The van der Waals surface area contributed by atoms with Gasteiger partial charge in [0.05, 0.1) is 11.9 Å². The lowest BCUT2D eigenvalue weighted by molar-refractivity contribution is -0.160. The lowest BCUT2D eigenvalue weighted by Crippen LogP contribution is -2.53. The van der Waals surface area contributed by atoms with Crippen LogP contribution in [0.1, 0.15) is 180 Å². The molecule has 27 nitrogen and oxygen atoms in total. The van der Waals surface area contributed by atoms with Gasteiger partial charge < -0.3 is 71.0 Å². The minimum atomic E-state index is -1.26. The first-order valence-corrected chi connectivity index (χ1v) is 30.9. The van der Waals surface area contributed by atoms with E-state index in [1.165, 1.54) is 10.9 Å². The SMILES string of the molecule is CC(C)(C)OC(=O)CC[C@H](NC(=O)N[C@@H](CCCCNC(=O)Nc1cccc(-c2cnnn2CC(=O)N[C@@H](CCCCNC(=O)OC(C)(C)C)C(=O)N[C@@H](CCCCNC(=O)OCc2ccccc2)C(=O)OC(C)(C)C)c1)C(=O)OC(C)(C)C)C(=O)OC(C)(C)C. The topological polar surface area (TPSA) is 353 Å². The Balaban J connectivity index is 1.67.